The van der Waals surface area contributed by atoms with Crippen LogP contribution in [0.3, 0.4) is 0 Å². The maximum absolute atomic E-state index is 10.9. The van der Waals surface area contributed by atoms with E-state index < -0.39 is 5.97 Å². The molecule has 0 atom stereocenters. The lowest BCUT2D eigenvalue weighted by molar-refractivity contribution is -0.255. The molecular weight excluding hydrogens is 216 g/mol. The Labute approximate surface area is 99.5 Å². The van der Waals surface area contributed by atoms with E-state index >= 15 is 0 Å². The summed E-state index contributed by atoms with van der Waals surface area (Å²) in [6.07, 6.45) is 3.45. The van der Waals surface area contributed by atoms with Gasteiger partial charge in [0.15, 0.2) is 0 Å². The molecule has 0 saturated carbocycles. The summed E-state index contributed by atoms with van der Waals surface area (Å²) in [5.41, 5.74) is 2.99. The summed E-state index contributed by atoms with van der Waals surface area (Å²) in [6.45, 7) is 4.33. The molecule has 88 valence electrons. The number of hydrogen-bond donors (Lipinski definition) is 0. The predicted octanol–water partition coefficient (Wildman–Crippen LogP) is 0.912. The number of nitrogens with zero attached hydrogens (tertiary/aromatic N) is 2. The second kappa shape index (κ2) is 4.41. The van der Waals surface area contributed by atoms with Crippen LogP contribution < -0.4 is 5.11 Å². The van der Waals surface area contributed by atoms with E-state index in [1.165, 1.54) is 0 Å². The number of carboxylic acids is 1. The fraction of sp³-hybridized carbons (Fsp3) is 0.231. The molecule has 0 radical (unpaired) electrons. The van der Waals surface area contributed by atoms with Gasteiger partial charge >= 0.3 is 0 Å². The number of hydrogen-bond acceptors (Lipinski definition) is 3. The van der Waals surface area contributed by atoms with Gasteiger partial charge in [0.25, 0.3) is 0 Å². The van der Waals surface area contributed by atoms with E-state index in [2.05, 4.69) is 4.98 Å². The Balaban J connectivity index is 2.37. The number of pyridine rings is 1. The van der Waals surface area contributed by atoms with Crippen molar-refractivity contribution >= 4 is 5.97 Å². The van der Waals surface area contributed by atoms with Gasteiger partial charge in [0.05, 0.1) is 5.97 Å². The second-order valence-corrected chi connectivity index (χ2v) is 4.01. The van der Waals surface area contributed by atoms with Crippen LogP contribution in [0.2, 0.25) is 0 Å². The molecule has 17 heavy (non-hydrogen) atoms. The van der Waals surface area contributed by atoms with Crippen LogP contribution in [-0.2, 0) is 6.54 Å². The van der Waals surface area contributed by atoms with Crippen molar-refractivity contribution in [1.82, 2.24) is 9.55 Å². The first kappa shape index (κ1) is 11.4. The van der Waals surface area contributed by atoms with E-state index in [-0.39, 0.29) is 5.56 Å². The van der Waals surface area contributed by atoms with Crippen molar-refractivity contribution in [2.75, 3.05) is 0 Å². The van der Waals surface area contributed by atoms with Gasteiger partial charge in [-0.1, -0.05) is 0 Å². The smallest absolute Gasteiger partial charge is 0.0733 e. The highest BCUT2D eigenvalue weighted by atomic mass is 16.4. The highest BCUT2D eigenvalue weighted by molar-refractivity contribution is 5.87. The lowest BCUT2D eigenvalue weighted by atomic mass is 10.2. The molecule has 0 spiro atoms. The zero-order valence-corrected chi connectivity index (χ0v) is 9.80. The van der Waals surface area contributed by atoms with Crippen LogP contribution in [0.1, 0.15) is 27.3 Å². The van der Waals surface area contributed by atoms with Gasteiger partial charge in [-0.05, 0) is 37.6 Å². The van der Waals surface area contributed by atoms with Crippen molar-refractivity contribution in [1.29, 1.82) is 0 Å². The predicted molar refractivity (Wildman–Crippen MR) is 61.6 cm³/mol. The van der Waals surface area contributed by atoms with Crippen LogP contribution in [0.5, 0.6) is 0 Å². The van der Waals surface area contributed by atoms with Gasteiger partial charge in [0, 0.05) is 35.9 Å². The third-order valence-corrected chi connectivity index (χ3v) is 2.88. The molecule has 0 aliphatic heterocycles. The Bertz CT molecular complexity index is 544. The highest BCUT2D eigenvalue weighted by Gasteiger charge is 2.09. The summed E-state index contributed by atoms with van der Waals surface area (Å²) in [5.74, 6) is -1.13. The van der Waals surface area contributed by atoms with Crippen LogP contribution in [0, 0.1) is 13.8 Å². The summed E-state index contributed by atoms with van der Waals surface area (Å²) in [5, 5.41) is 10.9. The molecule has 0 aromatic carbocycles. The minimum Gasteiger partial charge on any atom is -0.545 e. The molecule has 2 heterocycles. The minimum atomic E-state index is -1.13. The lowest BCUT2D eigenvalue weighted by Crippen LogP contribution is -2.22. The summed E-state index contributed by atoms with van der Waals surface area (Å²) in [7, 11) is 0. The first-order chi connectivity index (χ1) is 8.09. The highest BCUT2D eigenvalue weighted by Crippen LogP contribution is 2.16. The van der Waals surface area contributed by atoms with Gasteiger partial charge < -0.3 is 14.5 Å². The fourth-order valence-electron chi connectivity index (χ4n) is 1.92. The number of carboxylic acid groups (broad SMARTS) is 1. The zero-order chi connectivity index (χ0) is 12.4. The maximum atomic E-state index is 10.9. The Morgan fingerprint density at radius 1 is 1.35 bits per heavy atom. The Hall–Kier alpha value is -2.10. The van der Waals surface area contributed by atoms with Crippen molar-refractivity contribution in [2.45, 2.75) is 20.4 Å². The summed E-state index contributed by atoms with van der Waals surface area (Å²) < 4.78 is 1.96. The normalized spacial score (nSPS) is 10.5. The van der Waals surface area contributed by atoms with Gasteiger partial charge in [0.1, 0.15) is 0 Å². The minimum absolute atomic E-state index is 0.261. The molecule has 0 aliphatic carbocycles. The number of carbonyl (C=O) groups is 1. The Morgan fingerprint density at radius 3 is 2.53 bits per heavy atom. The van der Waals surface area contributed by atoms with Crippen LogP contribution >= 0.6 is 0 Å². The molecule has 4 heteroatoms. The molecule has 0 amide bonds. The van der Waals surface area contributed by atoms with E-state index in [1.807, 2.05) is 23.6 Å². The van der Waals surface area contributed by atoms with Crippen molar-refractivity contribution < 1.29 is 9.90 Å². The SMILES string of the molecule is Cc1cc(C(=O)[O-])c(C)n1Cc1ccncc1. The first-order valence-electron chi connectivity index (χ1n) is 5.36. The standard InChI is InChI=1S/C13H14N2O2/c1-9-7-12(13(16)17)10(2)15(9)8-11-3-5-14-6-4-11/h3-7H,8H2,1-2H3,(H,16,17)/p-1. The molecule has 0 bridgehead atoms. The number of aryl methyl sites for hydroxylation is 1. The second-order valence-electron chi connectivity index (χ2n) is 4.01. The van der Waals surface area contributed by atoms with E-state index in [1.54, 1.807) is 25.4 Å². The summed E-state index contributed by atoms with van der Waals surface area (Å²) in [6, 6.07) is 5.47. The average Bonchev–Trinajstić information content (AvgIpc) is 2.58. The number of rotatable bonds is 3. The molecule has 0 N–H and O–H groups in total. The quantitative estimate of drug-likeness (QED) is 0.786. The van der Waals surface area contributed by atoms with Crippen molar-refractivity contribution in [3.8, 4) is 0 Å². The molecule has 0 fully saturated rings. The van der Waals surface area contributed by atoms with Gasteiger partial charge in [-0.3, -0.25) is 4.98 Å². The molecular formula is C13H13N2O2-. The number of carbonyl (C=O) groups excluding carboxylic acids is 1. The Kier molecular flexibility index (Phi) is 2.95. The molecule has 2 aromatic heterocycles. The van der Waals surface area contributed by atoms with Crippen molar-refractivity contribution in [2.24, 2.45) is 0 Å². The van der Waals surface area contributed by atoms with Crippen LogP contribution in [-0.4, -0.2) is 15.5 Å². The van der Waals surface area contributed by atoms with Crippen LogP contribution in [0.4, 0.5) is 0 Å². The fourth-order valence-corrected chi connectivity index (χ4v) is 1.92. The van der Waals surface area contributed by atoms with E-state index in [0.29, 0.717) is 6.54 Å². The zero-order valence-electron chi connectivity index (χ0n) is 9.80. The summed E-state index contributed by atoms with van der Waals surface area (Å²) >= 11 is 0. The molecule has 2 rings (SSSR count). The monoisotopic (exact) mass is 229 g/mol. The summed E-state index contributed by atoms with van der Waals surface area (Å²) in [4.78, 5) is 14.9. The van der Waals surface area contributed by atoms with Gasteiger partial charge in [-0.15, -0.1) is 0 Å². The van der Waals surface area contributed by atoms with Crippen LogP contribution in [0.15, 0.2) is 30.6 Å². The molecule has 4 nitrogen and oxygen atoms in total. The molecule has 0 saturated heterocycles. The van der Waals surface area contributed by atoms with E-state index in [0.717, 1.165) is 17.0 Å². The lowest BCUT2D eigenvalue weighted by Gasteiger charge is -2.10. The Morgan fingerprint density at radius 2 is 2.00 bits per heavy atom. The first-order valence-corrected chi connectivity index (χ1v) is 5.36. The van der Waals surface area contributed by atoms with Crippen molar-refractivity contribution in [3.63, 3.8) is 0 Å². The molecule has 0 aliphatic rings. The third kappa shape index (κ3) is 2.20. The maximum Gasteiger partial charge on any atom is 0.0733 e. The third-order valence-electron chi connectivity index (χ3n) is 2.88. The average molecular weight is 229 g/mol. The van der Waals surface area contributed by atoms with E-state index in [9.17, 15) is 9.90 Å². The van der Waals surface area contributed by atoms with Gasteiger partial charge in [0.2, 0.25) is 0 Å². The van der Waals surface area contributed by atoms with E-state index in [4.69, 9.17) is 0 Å². The van der Waals surface area contributed by atoms with Gasteiger partial charge in [-0.25, -0.2) is 0 Å². The largest absolute Gasteiger partial charge is 0.545 e. The number of aromatic carboxylic acids is 1. The topological polar surface area (TPSA) is 57.9 Å². The molecule has 2 aromatic rings. The molecule has 0 unspecified atom stereocenters. The van der Waals surface area contributed by atoms with Crippen molar-refractivity contribution in [3.05, 3.63) is 53.1 Å². The number of aromatic nitrogens is 2. The van der Waals surface area contributed by atoms with Crippen LogP contribution in [0.25, 0.3) is 0 Å². The van der Waals surface area contributed by atoms with Gasteiger partial charge in [-0.2, -0.15) is 0 Å².